The number of hydrogen-bond donors (Lipinski definition) is 1. The lowest BCUT2D eigenvalue weighted by atomic mass is 9.63. The van der Waals surface area contributed by atoms with Gasteiger partial charge < -0.3 is 10.2 Å². The normalized spacial score (nSPS) is 21.1. The van der Waals surface area contributed by atoms with E-state index in [9.17, 15) is 0 Å². The fraction of sp³-hybridized carbons (Fsp3) is 0.654. The second-order valence-corrected chi connectivity index (χ2v) is 11.9. The number of nitrogens with zero attached hydrogens (tertiary/aromatic N) is 2. The predicted molar refractivity (Wildman–Crippen MR) is 131 cm³/mol. The van der Waals surface area contributed by atoms with Gasteiger partial charge in [0.1, 0.15) is 0 Å². The standard InChI is InChI=1S/C26H39N3S/c1-18(2)16-27-20-9-13-29(14-10-20)24-28-23(17-30-24)19-7-8-21-22(15-19)26(5,6)12-11-25(21,3)4/h7-8,15,17-18,20,27H,9-14,16H2,1-6H3. The van der Waals surface area contributed by atoms with E-state index in [2.05, 4.69) is 75.3 Å². The van der Waals surface area contributed by atoms with Crippen LogP contribution in [0.1, 0.15) is 78.4 Å². The smallest absolute Gasteiger partial charge is 0.185 e. The van der Waals surface area contributed by atoms with Crippen LogP contribution in [-0.2, 0) is 10.8 Å². The average molecular weight is 426 g/mol. The van der Waals surface area contributed by atoms with E-state index >= 15 is 0 Å². The zero-order valence-corrected chi connectivity index (χ0v) is 20.5. The first kappa shape index (κ1) is 21.8. The number of piperidine rings is 1. The number of rotatable bonds is 5. The molecular formula is C26H39N3S. The van der Waals surface area contributed by atoms with Gasteiger partial charge in [0.05, 0.1) is 5.69 Å². The van der Waals surface area contributed by atoms with Crippen molar-refractivity contribution in [1.82, 2.24) is 10.3 Å². The summed E-state index contributed by atoms with van der Waals surface area (Å²) in [5.74, 6) is 0.719. The zero-order chi connectivity index (χ0) is 21.5. The summed E-state index contributed by atoms with van der Waals surface area (Å²) < 4.78 is 0. The molecule has 3 nitrogen and oxygen atoms in total. The molecule has 1 fully saturated rings. The van der Waals surface area contributed by atoms with Gasteiger partial charge in [0.2, 0.25) is 0 Å². The van der Waals surface area contributed by atoms with Gasteiger partial charge in [0.15, 0.2) is 5.13 Å². The largest absolute Gasteiger partial charge is 0.348 e. The third-order valence-corrected chi connectivity index (χ3v) is 8.12. The average Bonchev–Trinajstić information content (AvgIpc) is 3.20. The van der Waals surface area contributed by atoms with Gasteiger partial charge in [-0.25, -0.2) is 4.98 Å². The van der Waals surface area contributed by atoms with Crippen LogP contribution in [0.5, 0.6) is 0 Å². The quantitative estimate of drug-likeness (QED) is 0.603. The molecule has 2 heterocycles. The molecule has 4 heteroatoms. The maximum atomic E-state index is 5.06. The number of anilines is 1. The molecule has 0 unspecified atom stereocenters. The second kappa shape index (κ2) is 8.27. The molecule has 0 saturated carbocycles. The van der Waals surface area contributed by atoms with Gasteiger partial charge in [-0.2, -0.15) is 0 Å². The van der Waals surface area contributed by atoms with E-state index < -0.39 is 0 Å². The number of fused-ring (bicyclic) bond motifs is 1. The molecule has 2 aliphatic rings. The van der Waals surface area contributed by atoms with Gasteiger partial charge in [-0.15, -0.1) is 11.3 Å². The van der Waals surface area contributed by atoms with Gasteiger partial charge in [-0.3, -0.25) is 0 Å². The number of thiazole rings is 1. The van der Waals surface area contributed by atoms with Crippen molar-refractivity contribution in [3.63, 3.8) is 0 Å². The third kappa shape index (κ3) is 4.45. The van der Waals surface area contributed by atoms with Crippen molar-refractivity contribution in [3.05, 3.63) is 34.7 Å². The van der Waals surface area contributed by atoms with Gasteiger partial charge in [-0.1, -0.05) is 53.7 Å². The van der Waals surface area contributed by atoms with Crippen LogP contribution in [0.25, 0.3) is 11.3 Å². The lowest BCUT2D eigenvalue weighted by Gasteiger charge is -2.42. The molecule has 1 aliphatic carbocycles. The molecule has 2 aromatic rings. The van der Waals surface area contributed by atoms with Crippen molar-refractivity contribution >= 4 is 16.5 Å². The monoisotopic (exact) mass is 425 g/mol. The molecule has 4 rings (SSSR count). The van der Waals surface area contributed by atoms with E-state index in [-0.39, 0.29) is 10.8 Å². The molecule has 0 atom stereocenters. The minimum Gasteiger partial charge on any atom is -0.348 e. The number of benzene rings is 1. The van der Waals surface area contributed by atoms with E-state index in [1.165, 1.54) is 47.5 Å². The van der Waals surface area contributed by atoms with Crippen LogP contribution < -0.4 is 10.2 Å². The highest BCUT2D eigenvalue weighted by Crippen LogP contribution is 2.46. The second-order valence-electron chi connectivity index (χ2n) is 11.1. The Labute approximate surface area is 187 Å². The van der Waals surface area contributed by atoms with Crippen LogP contribution in [0, 0.1) is 5.92 Å². The first-order valence-corrected chi connectivity index (χ1v) is 12.6. The minimum absolute atomic E-state index is 0.241. The molecule has 1 aromatic carbocycles. The molecule has 164 valence electrons. The van der Waals surface area contributed by atoms with Gasteiger partial charge in [0.25, 0.3) is 0 Å². The Morgan fingerprint density at radius 2 is 1.73 bits per heavy atom. The summed E-state index contributed by atoms with van der Waals surface area (Å²) in [6, 6.07) is 7.76. The van der Waals surface area contributed by atoms with E-state index in [4.69, 9.17) is 4.98 Å². The van der Waals surface area contributed by atoms with E-state index in [1.807, 2.05) is 0 Å². The molecule has 0 amide bonds. The molecule has 1 saturated heterocycles. The summed E-state index contributed by atoms with van der Waals surface area (Å²) in [4.78, 5) is 7.54. The summed E-state index contributed by atoms with van der Waals surface area (Å²) in [6.45, 7) is 17.5. The Morgan fingerprint density at radius 1 is 1.07 bits per heavy atom. The summed E-state index contributed by atoms with van der Waals surface area (Å²) in [5.41, 5.74) is 5.96. The molecule has 30 heavy (non-hydrogen) atoms. The van der Waals surface area contributed by atoms with Crippen LogP contribution in [0.2, 0.25) is 0 Å². The van der Waals surface area contributed by atoms with Crippen LogP contribution >= 0.6 is 11.3 Å². The minimum atomic E-state index is 0.241. The highest BCUT2D eigenvalue weighted by Gasteiger charge is 2.37. The molecule has 1 aliphatic heterocycles. The Balaban J connectivity index is 1.49. The highest BCUT2D eigenvalue weighted by molar-refractivity contribution is 7.14. The number of hydrogen-bond acceptors (Lipinski definition) is 4. The highest BCUT2D eigenvalue weighted by atomic mass is 32.1. The lowest BCUT2D eigenvalue weighted by molar-refractivity contribution is 0.332. The molecular weight excluding hydrogens is 386 g/mol. The predicted octanol–water partition coefficient (Wildman–Crippen LogP) is 6.37. The Hall–Kier alpha value is -1.39. The lowest BCUT2D eigenvalue weighted by Crippen LogP contribution is -2.43. The number of nitrogens with one attached hydrogen (secondary N) is 1. The first-order chi connectivity index (χ1) is 14.2. The van der Waals surface area contributed by atoms with Crippen molar-refractivity contribution in [2.45, 2.75) is 84.1 Å². The van der Waals surface area contributed by atoms with Gasteiger partial charge >= 0.3 is 0 Å². The Morgan fingerprint density at radius 3 is 2.40 bits per heavy atom. The van der Waals surface area contributed by atoms with Crippen molar-refractivity contribution in [2.24, 2.45) is 5.92 Å². The summed E-state index contributed by atoms with van der Waals surface area (Å²) in [7, 11) is 0. The summed E-state index contributed by atoms with van der Waals surface area (Å²) >= 11 is 1.80. The van der Waals surface area contributed by atoms with Crippen molar-refractivity contribution < 1.29 is 0 Å². The zero-order valence-electron chi connectivity index (χ0n) is 19.7. The molecule has 1 aromatic heterocycles. The van der Waals surface area contributed by atoms with Gasteiger partial charge in [0, 0.05) is 30.1 Å². The van der Waals surface area contributed by atoms with Crippen molar-refractivity contribution in [1.29, 1.82) is 0 Å². The van der Waals surface area contributed by atoms with E-state index in [1.54, 1.807) is 11.3 Å². The Bertz CT molecular complexity index is 872. The third-order valence-electron chi connectivity index (χ3n) is 7.22. The maximum absolute atomic E-state index is 5.06. The van der Waals surface area contributed by atoms with E-state index in [0.29, 0.717) is 6.04 Å². The SMILES string of the molecule is CC(C)CNC1CCN(c2nc(-c3ccc4c(c3)C(C)(C)CCC4(C)C)cs2)CC1. The fourth-order valence-corrected chi connectivity index (χ4v) is 5.86. The fourth-order valence-electron chi connectivity index (χ4n) is 4.97. The van der Waals surface area contributed by atoms with Crippen molar-refractivity contribution in [2.75, 3.05) is 24.5 Å². The molecule has 0 spiro atoms. The van der Waals surface area contributed by atoms with Crippen LogP contribution in [-0.4, -0.2) is 30.7 Å². The maximum Gasteiger partial charge on any atom is 0.185 e. The molecule has 0 radical (unpaired) electrons. The summed E-state index contributed by atoms with van der Waals surface area (Å²) in [5, 5.41) is 7.16. The van der Waals surface area contributed by atoms with Crippen LogP contribution in [0.15, 0.2) is 23.6 Å². The molecule has 0 bridgehead atoms. The topological polar surface area (TPSA) is 28.2 Å². The number of aromatic nitrogens is 1. The molecule has 1 N–H and O–H groups in total. The van der Waals surface area contributed by atoms with Crippen molar-refractivity contribution in [3.8, 4) is 11.3 Å². The summed E-state index contributed by atoms with van der Waals surface area (Å²) in [6.07, 6.45) is 4.93. The van der Waals surface area contributed by atoms with Crippen LogP contribution in [0.4, 0.5) is 5.13 Å². The van der Waals surface area contributed by atoms with Crippen LogP contribution in [0.3, 0.4) is 0 Å². The van der Waals surface area contributed by atoms with Gasteiger partial charge in [-0.05, 0) is 66.2 Å². The van der Waals surface area contributed by atoms with E-state index in [0.717, 1.165) is 31.2 Å². The Kier molecular flexibility index (Phi) is 6.02. The first-order valence-electron chi connectivity index (χ1n) is 11.7.